The zero-order chi connectivity index (χ0) is 15.0. The molecule has 1 aromatic carbocycles. The summed E-state index contributed by atoms with van der Waals surface area (Å²) in [6.45, 7) is 2.54. The second-order valence-electron chi connectivity index (χ2n) is 5.84. The van der Waals surface area contributed by atoms with Crippen molar-refractivity contribution >= 4 is 17.6 Å². The Kier molecular flexibility index (Phi) is 3.68. The van der Waals surface area contributed by atoms with E-state index in [9.17, 15) is 14.7 Å². The van der Waals surface area contributed by atoms with Crippen LogP contribution in [0.4, 0.5) is 5.69 Å². The number of rotatable bonds is 5. The Morgan fingerprint density at radius 3 is 2.76 bits per heavy atom. The smallest absolute Gasteiger partial charge is 0.320 e. The molecule has 5 heteroatoms. The number of carboxylic acids is 1. The summed E-state index contributed by atoms with van der Waals surface area (Å²) < 4.78 is 0. The lowest BCUT2D eigenvalue weighted by molar-refractivity contribution is -0.143. The fraction of sp³-hybridized carbons (Fsp3) is 0.500. The Morgan fingerprint density at radius 1 is 1.38 bits per heavy atom. The first-order valence-electron chi connectivity index (χ1n) is 7.44. The third-order valence-electron chi connectivity index (χ3n) is 4.38. The Hall–Kier alpha value is -1.88. The number of hydrogen-bond donors (Lipinski definition) is 1. The van der Waals surface area contributed by atoms with Crippen molar-refractivity contribution in [2.24, 2.45) is 0 Å². The minimum atomic E-state index is -0.864. The van der Waals surface area contributed by atoms with Crippen LogP contribution in [0.3, 0.4) is 0 Å². The van der Waals surface area contributed by atoms with E-state index in [1.807, 2.05) is 29.2 Å². The molecule has 1 aliphatic carbocycles. The van der Waals surface area contributed by atoms with Gasteiger partial charge in [-0.2, -0.15) is 0 Å². The van der Waals surface area contributed by atoms with E-state index in [-0.39, 0.29) is 18.5 Å². The lowest BCUT2D eigenvalue weighted by Crippen LogP contribution is -2.47. The molecular weight excluding hydrogens is 268 g/mol. The normalized spacial score (nSPS) is 18.7. The van der Waals surface area contributed by atoms with Gasteiger partial charge in [0.2, 0.25) is 5.91 Å². The molecule has 1 N–H and O–H groups in total. The van der Waals surface area contributed by atoms with Gasteiger partial charge < -0.3 is 10.0 Å². The van der Waals surface area contributed by atoms with Crippen molar-refractivity contribution in [3.8, 4) is 0 Å². The predicted octanol–water partition coefficient (Wildman–Crippen LogP) is 1.51. The molecule has 1 aliphatic heterocycles. The fourth-order valence-electron chi connectivity index (χ4n) is 2.97. The van der Waals surface area contributed by atoms with Crippen molar-refractivity contribution in [2.45, 2.75) is 38.3 Å². The van der Waals surface area contributed by atoms with Crippen LogP contribution in [0.15, 0.2) is 24.3 Å². The van der Waals surface area contributed by atoms with Crippen LogP contribution >= 0.6 is 0 Å². The third kappa shape index (κ3) is 2.78. The van der Waals surface area contributed by atoms with Gasteiger partial charge in [0, 0.05) is 18.3 Å². The molecule has 0 aromatic heterocycles. The standard InChI is InChI=1S/C16H20N2O3/c1-11(16(20)21)18(13-6-7-13)10-15(19)17-9-8-12-4-2-3-5-14(12)17/h2-5,11,13H,6-10H2,1H3,(H,20,21). The predicted molar refractivity (Wildman–Crippen MR) is 79.3 cm³/mol. The number of benzene rings is 1. The molecule has 1 amide bonds. The van der Waals surface area contributed by atoms with Gasteiger partial charge in [-0.3, -0.25) is 14.5 Å². The van der Waals surface area contributed by atoms with E-state index >= 15 is 0 Å². The Morgan fingerprint density at radius 2 is 2.10 bits per heavy atom. The number of para-hydroxylation sites is 1. The van der Waals surface area contributed by atoms with Gasteiger partial charge in [-0.25, -0.2) is 0 Å². The van der Waals surface area contributed by atoms with E-state index in [1.54, 1.807) is 11.8 Å². The summed E-state index contributed by atoms with van der Waals surface area (Å²) >= 11 is 0. The molecule has 0 saturated heterocycles. The lowest BCUT2D eigenvalue weighted by Gasteiger charge is -2.28. The summed E-state index contributed by atoms with van der Waals surface area (Å²) in [4.78, 5) is 27.4. The monoisotopic (exact) mass is 288 g/mol. The van der Waals surface area contributed by atoms with Crippen LogP contribution in [0.2, 0.25) is 0 Å². The molecule has 1 unspecified atom stereocenters. The largest absolute Gasteiger partial charge is 0.480 e. The van der Waals surface area contributed by atoms with Crippen molar-refractivity contribution in [3.05, 3.63) is 29.8 Å². The van der Waals surface area contributed by atoms with Crippen LogP contribution in [0.1, 0.15) is 25.3 Å². The number of amides is 1. The molecule has 2 aliphatic rings. The van der Waals surface area contributed by atoms with Crippen molar-refractivity contribution in [2.75, 3.05) is 18.0 Å². The summed E-state index contributed by atoms with van der Waals surface area (Å²) in [5.74, 6) is -0.864. The minimum absolute atomic E-state index is 0.0000463. The zero-order valence-corrected chi connectivity index (χ0v) is 12.2. The Bertz CT molecular complexity index is 568. The molecule has 0 bridgehead atoms. The van der Waals surface area contributed by atoms with E-state index in [2.05, 4.69) is 0 Å². The quantitative estimate of drug-likeness (QED) is 0.892. The summed E-state index contributed by atoms with van der Waals surface area (Å²) in [5, 5.41) is 9.20. The molecule has 21 heavy (non-hydrogen) atoms. The van der Waals surface area contributed by atoms with E-state index in [1.165, 1.54) is 5.56 Å². The van der Waals surface area contributed by atoms with Gasteiger partial charge in [0.25, 0.3) is 0 Å². The first-order chi connectivity index (χ1) is 10.1. The number of carbonyl (C=O) groups is 2. The number of hydrogen-bond acceptors (Lipinski definition) is 3. The van der Waals surface area contributed by atoms with Gasteiger partial charge in [-0.15, -0.1) is 0 Å². The highest BCUT2D eigenvalue weighted by molar-refractivity contribution is 5.97. The van der Waals surface area contributed by atoms with Crippen LogP contribution in [0.5, 0.6) is 0 Å². The number of anilines is 1. The van der Waals surface area contributed by atoms with Gasteiger partial charge in [0.1, 0.15) is 6.04 Å². The fourth-order valence-corrected chi connectivity index (χ4v) is 2.97. The molecule has 0 radical (unpaired) electrons. The van der Waals surface area contributed by atoms with Crippen LogP contribution in [0, 0.1) is 0 Å². The van der Waals surface area contributed by atoms with Crippen molar-refractivity contribution in [1.82, 2.24) is 4.90 Å². The second kappa shape index (κ2) is 5.48. The summed E-state index contributed by atoms with van der Waals surface area (Å²) in [5.41, 5.74) is 2.16. The zero-order valence-electron chi connectivity index (χ0n) is 12.2. The maximum Gasteiger partial charge on any atom is 0.320 e. The van der Waals surface area contributed by atoms with Gasteiger partial charge in [-0.05, 0) is 37.8 Å². The van der Waals surface area contributed by atoms with E-state index in [0.29, 0.717) is 6.54 Å². The highest BCUT2D eigenvalue weighted by atomic mass is 16.4. The second-order valence-corrected chi connectivity index (χ2v) is 5.84. The molecule has 1 aromatic rings. The number of aliphatic carboxylic acids is 1. The van der Waals surface area contributed by atoms with Gasteiger partial charge in [0.05, 0.1) is 6.54 Å². The molecular formula is C16H20N2O3. The van der Waals surface area contributed by atoms with Crippen LogP contribution in [-0.2, 0) is 16.0 Å². The van der Waals surface area contributed by atoms with Crippen LogP contribution < -0.4 is 4.90 Å². The maximum atomic E-state index is 12.6. The first kappa shape index (κ1) is 14.1. The summed E-state index contributed by atoms with van der Waals surface area (Å²) in [6.07, 6.45) is 2.85. The first-order valence-corrected chi connectivity index (χ1v) is 7.44. The number of nitrogens with zero attached hydrogens (tertiary/aromatic N) is 2. The Labute approximate surface area is 124 Å². The molecule has 3 rings (SSSR count). The molecule has 1 fully saturated rings. The van der Waals surface area contributed by atoms with Crippen molar-refractivity contribution in [1.29, 1.82) is 0 Å². The van der Waals surface area contributed by atoms with Gasteiger partial charge in [-0.1, -0.05) is 18.2 Å². The van der Waals surface area contributed by atoms with Crippen molar-refractivity contribution in [3.63, 3.8) is 0 Å². The van der Waals surface area contributed by atoms with E-state index < -0.39 is 12.0 Å². The molecule has 1 heterocycles. The van der Waals surface area contributed by atoms with E-state index in [4.69, 9.17) is 0 Å². The van der Waals surface area contributed by atoms with Gasteiger partial charge >= 0.3 is 5.97 Å². The number of carbonyl (C=O) groups excluding carboxylic acids is 1. The Balaban J connectivity index is 1.72. The molecule has 5 nitrogen and oxygen atoms in total. The molecule has 0 spiro atoms. The maximum absolute atomic E-state index is 12.6. The average molecular weight is 288 g/mol. The molecule has 1 saturated carbocycles. The third-order valence-corrected chi connectivity index (χ3v) is 4.38. The topological polar surface area (TPSA) is 60.9 Å². The minimum Gasteiger partial charge on any atom is -0.480 e. The average Bonchev–Trinajstić information content (AvgIpc) is 3.22. The lowest BCUT2D eigenvalue weighted by atomic mass is 10.2. The number of fused-ring (bicyclic) bond motifs is 1. The van der Waals surface area contributed by atoms with Crippen LogP contribution in [-0.4, -0.2) is 47.1 Å². The summed E-state index contributed by atoms with van der Waals surface area (Å²) in [6, 6.07) is 7.56. The summed E-state index contributed by atoms with van der Waals surface area (Å²) in [7, 11) is 0. The SMILES string of the molecule is CC(C(=O)O)N(CC(=O)N1CCc2ccccc21)C1CC1. The molecule has 1 atom stereocenters. The highest BCUT2D eigenvalue weighted by Gasteiger charge is 2.37. The highest BCUT2D eigenvalue weighted by Crippen LogP contribution is 2.31. The van der Waals surface area contributed by atoms with Crippen LogP contribution in [0.25, 0.3) is 0 Å². The van der Waals surface area contributed by atoms with E-state index in [0.717, 1.165) is 24.9 Å². The van der Waals surface area contributed by atoms with Gasteiger partial charge in [0.15, 0.2) is 0 Å². The van der Waals surface area contributed by atoms with Crippen molar-refractivity contribution < 1.29 is 14.7 Å². The molecule has 112 valence electrons. The number of carboxylic acid groups (broad SMARTS) is 1.